The number of hydrogen-bond acceptors (Lipinski definition) is 3. The van der Waals surface area contributed by atoms with Gasteiger partial charge in [0.1, 0.15) is 0 Å². The van der Waals surface area contributed by atoms with Gasteiger partial charge in [-0.2, -0.15) is 0 Å². The predicted octanol–water partition coefficient (Wildman–Crippen LogP) is 2.57. The lowest BCUT2D eigenvalue weighted by Gasteiger charge is -2.31. The van der Waals surface area contributed by atoms with Gasteiger partial charge >= 0.3 is 5.97 Å². The fraction of sp³-hybridized carbons (Fsp3) is 0.611. The lowest BCUT2D eigenvalue weighted by atomic mass is 9.79. The summed E-state index contributed by atoms with van der Waals surface area (Å²) in [6, 6.07) is 7.67. The number of carbonyl (C=O) groups is 1. The van der Waals surface area contributed by atoms with Crippen molar-refractivity contribution in [3.63, 3.8) is 0 Å². The molecule has 1 heterocycles. The summed E-state index contributed by atoms with van der Waals surface area (Å²) in [4.78, 5) is 14.0. The summed E-state index contributed by atoms with van der Waals surface area (Å²) in [5.41, 5.74) is -0.0509. The molecule has 0 bridgehead atoms. The van der Waals surface area contributed by atoms with Gasteiger partial charge in [0, 0.05) is 12.5 Å². The third-order valence-electron chi connectivity index (χ3n) is 5.46. The monoisotopic (exact) mass is 303 g/mol. The molecular weight excluding hydrogens is 278 g/mol. The molecule has 1 aliphatic carbocycles. The first-order valence-corrected chi connectivity index (χ1v) is 8.26. The molecule has 2 atom stereocenters. The molecular formula is C18H25NO3. The molecule has 0 radical (unpaired) electrons. The van der Waals surface area contributed by atoms with Crippen molar-refractivity contribution in [2.45, 2.75) is 43.6 Å². The van der Waals surface area contributed by atoms with Gasteiger partial charge in [0.2, 0.25) is 0 Å². The van der Waals surface area contributed by atoms with Gasteiger partial charge in [-0.25, -0.2) is 4.79 Å². The fourth-order valence-electron chi connectivity index (χ4n) is 4.10. The number of aliphatic carboxylic acids is 1. The van der Waals surface area contributed by atoms with Gasteiger partial charge in [0.05, 0.1) is 0 Å². The molecule has 1 aromatic rings. The molecule has 2 fully saturated rings. The highest BCUT2D eigenvalue weighted by Crippen LogP contribution is 2.39. The third kappa shape index (κ3) is 2.66. The molecule has 120 valence electrons. The van der Waals surface area contributed by atoms with Crippen molar-refractivity contribution in [1.82, 2.24) is 4.90 Å². The molecule has 4 heteroatoms. The average Bonchev–Trinajstić information content (AvgIpc) is 3.17. The molecule has 4 nitrogen and oxygen atoms in total. The normalized spacial score (nSPS) is 26.2. The van der Waals surface area contributed by atoms with Gasteiger partial charge in [-0.1, -0.05) is 37.1 Å². The molecule has 0 spiro atoms. The van der Waals surface area contributed by atoms with E-state index in [1.54, 1.807) is 6.07 Å². The quantitative estimate of drug-likeness (QED) is 0.897. The first kappa shape index (κ1) is 15.5. The molecule has 0 unspecified atom stereocenters. The highest BCUT2D eigenvalue weighted by atomic mass is 16.4. The summed E-state index contributed by atoms with van der Waals surface area (Å²) < 4.78 is 0. The second kappa shape index (κ2) is 6.01. The minimum atomic E-state index is -1.78. The second-order valence-corrected chi connectivity index (χ2v) is 6.93. The topological polar surface area (TPSA) is 60.8 Å². The highest BCUT2D eigenvalue weighted by Gasteiger charge is 2.48. The number of carboxylic acids is 1. The Hall–Kier alpha value is -1.39. The Morgan fingerprint density at radius 3 is 2.59 bits per heavy atom. The average molecular weight is 303 g/mol. The number of hydrogen-bond donors (Lipinski definition) is 2. The van der Waals surface area contributed by atoms with E-state index < -0.39 is 11.6 Å². The van der Waals surface area contributed by atoms with Gasteiger partial charge in [-0.15, -0.1) is 0 Å². The van der Waals surface area contributed by atoms with Crippen molar-refractivity contribution < 1.29 is 15.0 Å². The fourth-order valence-corrected chi connectivity index (χ4v) is 4.10. The molecule has 3 rings (SSSR count). The van der Waals surface area contributed by atoms with Crippen molar-refractivity contribution >= 4 is 5.97 Å². The van der Waals surface area contributed by atoms with E-state index in [1.165, 1.54) is 31.2 Å². The summed E-state index contributed by atoms with van der Waals surface area (Å²) >= 11 is 0. The van der Waals surface area contributed by atoms with Gasteiger partial charge in [-0.3, -0.25) is 0 Å². The van der Waals surface area contributed by atoms with E-state index in [2.05, 4.69) is 11.0 Å². The van der Waals surface area contributed by atoms with Crippen molar-refractivity contribution in [1.29, 1.82) is 0 Å². The Bertz CT molecular complexity index is 553. The van der Waals surface area contributed by atoms with E-state index in [0.29, 0.717) is 24.4 Å². The van der Waals surface area contributed by atoms with Gasteiger partial charge in [0.25, 0.3) is 0 Å². The zero-order valence-corrected chi connectivity index (χ0v) is 13.2. The van der Waals surface area contributed by atoms with Crippen LogP contribution in [0, 0.1) is 5.92 Å². The molecule has 1 saturated carbocycles. The Labute approximate surface area is 131 Å². The van der Waals surface area contributed by atoms with Crippen LogP contribution in [0.5, 0.6) is 0 Å². The zero-order chi connectivity index (χ0) is 15.7. The Kier molecular flexibility index (Phi) is 4.24. The van der Waals surface area contributed by atoms with Crippen LogP contribution in [-0.2, 0) is 10.4 Å². The summed E-state index contributed by atoms with van der Waals surface area (Å²) in [5.74, 6) is -0.866. The van der Waals surface area contributed by atoms with E-state index in [9.17, 15) is 15.0 Å². The van der Waals surface area contributed by atoms with Gasteiger partial charge in [0.15, 0.2) is 5.60 Å². The minimum Gasteiger partial charge on any atom is -0.479 e. The highest BCUT2D eigenvalue weighted by molar-refractivity contribution is 5.79. The standard InChI is InChI=1S/C18H25NO3/c1-19-10-9-16(12-19)18(22,17(20)21)15-8-4-7-14(11-15)13-5-2-3-6-13/h4,7-8,11,13,16,22H,2-3,5-6,9-10,12H2,1H3,(H,20,21)/t16-,18-/m1/s1. The molecule has 0 amide bonds. The molecule has 1 saturated heterocycles. The number of carboxylic acid groups (broad SMARTS) is 1. The molecule has 2 aliphatic rings. The largest absolute Gasteiger partial charge is 0.479 e. The van der Waals surface area contributed by atoms with Crippen molar-refractivity contribution in [3.05, 3.63) is 35.4 Å². The number of nitrogens with zero attached hydrogens (tertiary/aromatic N) is 1. The minimum absolute atomic E-state index is 0.256. The van der Waals surface area contributed by atoms with Crippen molar-refractivity contribution in [3.8, 4) is 0 Å². The first-order valence-electron chi connectivity index (χ1n) is 8.26. The predicted molar refractivity (Wildman–Crippen MR) is 84.8 cm³/mol. The Morgan fingerprint density at radius 1 is 1.27 bits per heavy atom. The summed E-state index contributed by atoms with van der Waals surface area (Å²) in [7, 11) is 1.97. The van der Waals surface area contributed by atoms with Crippen LogP contribution in [0.25, 0.3) is 0 Å². The van der Waals surface area contributed by atoms with E-state index >= 15 is 0 Å². The maximum absolute atomic E-state index is 11.9. The lowest BCUT2D eigenvalue weighted by Crippen LogP contribution is -2.44. The van der Waals surface area contributed by atoms with E-state index in [0.717, 1.165) is 6.54 Å². The maximum atomic E-state index is 11.9. The number of benzene rings is 1. The zero-order valence-electron chi connectivity index (χ0n) is 13.2. The molecule has 1 aromatic carbocycles. The van der Waals surface area contributed by atoms with Gasteiger partial charge in [-0.05, 0) is 49.9 Å². The summed E-state index contributed by atoms with van der Waals surface area (Å²) in [6.07, 6.45) is 5.53. The van der Waals surface area contributed by atoms with Crippen LogP contribution in [0.3, 0.4) is 0 Å². The molecule has 1 aliphatic heterocycles. The van der Waals surface area contributed by atoms with Crippen LogP contribution in [-0.4, -0.2) is 41.2 Å². The SMILES string of the molecule is CN1CC[C@@H]([C@@](O)(C(=O)O)c2cccc(C3CCCC3)c2)C1. The first-order chi connectivity index (χ1) is 10.5. The van der Waals surface area contributed by atoms with Crippen LogP contribution < -0.4 is 0 Å². The number of likely N-dealkylation sites (tertiary alicyclic amines) is 1. The second-order valence-electron chi connectivity index (χ2n) is 6.93. The smallest absolute Gasteiger partial charge is 0.340 e. The molecule has 22 heavy (non-hydrogen) atoms. The van der Waals surface area contributed by atoms with Crippen LogP contribution >= 0.6 is 0 Å². The third-order valence-corrected chi connectivity index (χ3v) is 5.46. The van der Waals surface area contributed by atoms with E-state index in [1.807, 2.05) is 19.2 Å². The lowest BCUT2D eigenvalue weighted by molar-refractivity contribution is -0.166. The van der Waals surface area contributed by atoms with Crippen LogP contribution in [0.2, 0.25) is 0 Å². The number of aliphatic hydroxyl groups is 1. The van der Waals surface area contributed by atoms with E-state index in [4.69, 9.17) is 0 Å². The van der Waals surface area contributed by atoms with Crippen LogP contribution in [0.1, 0.15) is 49.1 Å². The van der Waals surface area contributed by atoms with Crippen molar-refractivity contribution in [2.24, 2.45) is 5.92 Å². The van der Waals surface area contributed by atoms with Gasteiger partial charge < -0.3 is 15.1 Å². The Morgan fingerprint density at radius 2 is 2.00 bits per heavy atom. The summed E-state index contributed by atoms with van der Waals surface area (Å²) in [5, 5.41) is 20.7. The van der Waals surface area contributed by atoms with Crippen LogP contribution in [0.4, 0.5) is 0 Å². The molecule has 2 N–H and O–H groups in total. The van der Waals surface area contributed by atoms with Crippen molar-refractivity contribution in [2.75, 3.05) is 20.1 Å². The van der Waals surface area contributed by atoms with E-state index in [-0.39, 0.29) is 5.92 Å². The maximum Gasteiger partial charge on any atom is 0.340 e. The van der Waals surface area contributed by atoms with Crippen LogP contribution in [0.15, 0.2) is 24.3 Å². The summed E-state index contributed by atoms with van der Waals surface area (Å²) in [6.45, 7) is 1.46. The Balaban J connectivity index is 1.94. The molecule has 0 aromatic heterocycles. The number of rotatable bonds is 4.